The fourth-order valence-electron chi connectivity index (χ4n) is 3.76. The summed E-state index contributed by atoms with van der Waals surface area (Å²) in [6.45, 7) is 0. The molecule has 0 aromatic heterocycles. The van der Waals surface area contributed by atoms with Crippen LogP contribution in [0.4, 0.5) is 0 Å². The highest BCUT2D eigenvalue weighted by molar-refractivity contribution is 6.31. The molecule has 0 spiro atoms. The second-order valence-electron chi connectivity index (χ2n) is 7.15. The van der Waals surface area contributed by atoms with Crippen LogP contribution in [0.5, 0.6) is 0 Å². The Morgan fingerprint density at radius 2 is 1.92 bits per heavy atom. The molecule has 4 nitrogen and oxygen atoms in total. The molecule has 4 atom stereocenters. The van der Waals surface area contributed by atoms with Gasteiger partial charge in [0.1, 0.15) is 6.10 Å². The minimum atomic E-state index is -1.04. The van der Waals surface area contributed by atoms with Gasteiger partial charge in [-0.3, -0.25) is 0 Å². The molecule has 1 heterocycles. The lowest BCUT2D eigenvalue weighted by molar-refractivity contribution is -0.259. The first-order valence-corrected chi connectivity index (χ1v) is 9.36. The summed E-state index contributed by atoms with van der Waals surface area (Å²) in [6.07, 6.45) is 0.316. The molecule has 5 heteroatoms. The number of ether oxygens (including phenoxy) is 2. The summed E-state index contributed by atoms with van der Waals surface area (Å²) < 4.78 is 11.0. The lowest BCUT2D eigenvalue weighted by atomic mass is 9.86. The average molecular weight is 375 g/mol. The molecule has 0 bridgehead atoms. The van der Waals surface area contributed by atoms with Gasteiger partial charge in [0.15, 0.2) is 6.29 Å². The van der Waals surface area contributed by atoms with E-state index in [-0.39, 0.29) is 6.10 Å². The van der Waals surface area contributed by atoms with Crippen molar-refractivity contribution in [2.45, 2.75) is 50.3 Å². The Morgan fingerprint density at radius 1 is 1.12 bits per heavy atom. The molecule has 0 amide bonds. The molecule has 0 radical (unpaired) electrons. The third-order valence-corrected chi connectivity index (χ3v) is 5.80. The van der Waals surface area contributed by atoms with E-state index in [2.05, 4.69) is 18.2 Å². The van der Waals surface area contributed by atoms with Crippen LogP contribution in [-0.2, 0) is 28.7 Å². The Balaban J connectivity index is 1.56. The lowest BCUT2D eigenvalue weighted by Crippen LogP contribution is -2.46. The SMILES string of the molecule is COC1OC(c2ccc(Cl)c(Cc3ccc4c(c3)CC4)c2)CC(O)[C@@H]1O. The highest BCUT2D eigenvalue weighted by atomic mass is 35.5. The quantitative estimate of drug-likeness (QED) is 0.863. The summed E-state index contributed by atoms with van der Waals surface area (Å²) >= 11 is 6.42. The predicted molar refractivity (Wildman–Crippen MR) is 99.4 cm³/mol. The molecule has 2 aromatic rings. The normalized spacial score (nSPS) is 27.7. The standard InChI is InChI=1S/C21H23ClO4/c1-25-21-20(24)18(23)11-19(26-21)15-6-7-17(22)16(10-15)9-12-2-3-13-4-5-14(13)8-12/h2-3,6-8,10,18-21,23-24H,4-5,9,11H2,1H3/t18?,19?,20-,21?/m0/s1. The molecule has 138 valence electrons. The molecule has 0 saturated carbocycles. The maximum absolute atomic E-state index is 10.1. The van der Waals surface area contributed by atoms with Crippen molar-refractivity contribution in [1.82, 2.24) is 0 Å². The second-order valence-corrected chi connectivity index (χ2v) is 7.56. The van der Waals surface area contributed by atoms with Crippen LogP contribution in [0.2, 0.25) is 5.02 Å². The summed E-state index contributed by atoms with van der Waals surface area (Å²) in [7, 11) is 1.46. The van der Waals surface area contributed by atoms with Crippen LogP contribution in [0.25, 0.3) is 0 Å². The van der Waals surface area contributed by atoms with E-state index in [1.807, 2.05) is 18.2 Å². The molecule has 4 rings (SSSR count). The van der Waals surface area contributed by atoms with Gasteiger partial charge < -0.3 is 19.7 Å². The zero-order valence-corrected chi connectivity index (χ0v) is 15.4. The highest BCUT2D eigenvalue weighted by Crippen LogP contribution is 2.34. The first-order chi connectivity index (χ1) is 12.5. The van der Waals surface area contributed by atoms with Gasteiger partial charge >= 0.3 is 0 Å². The van der Waals surface area contributed by atoms with Gasteiger partial charge in [-0.25, -0.2) is 0 Å². The van der Waals surface area contributed by atoms with E-state index >= 15 is 0 Å². The van der Waals surface area contributed by atoms with Gasteiger partial charge in [-0.05, 0) is 53.1 Å². The Morgan fingerprint density at radius 3 is 2.62 bits per heavy atom. The van der Waals surface area contributed by atoms with Crippen molar-refractivity contribution in [3.8, 4) is 0 Å². The van der Waals surface area contributed by atoms with Crippen molar-refractivity contribution >= 4 is 11.6 Å². The van der Waals surface area contributed by atoms with Crippen molar-refractivity contribution in [1.29, 1.82) is 0 Å². The first kappa shape index (κ1) is 18.0. The number of aliphatic hydroxyl groups is 2. The topological polar surface area (TPSA) is 58.9 Å². The van der Waals surface area contributed by atoms with Gasteiger partial charge in [0.2, 0.25) is 0 Å². The Hall–Kier alpha value is -1.43. The molecular weight excluding hydrogens is 352 g/mol. The smallest absolute Gasteiger partial charge is 0.186 e. The van der Waals surface area contributed by atoms with Gasteiger partial charge in [0.05, 0.1) is 12.2 Å². The number of hydrogen-bond acceptors (Lipinski definition) is 4. The molecule has 1 saturated heterocycles. The number of halogens is 1. The monoisotopic (exact) mass is 374 g/mol. The summed E-state index contributed by atoms with van der Waals surface area (Å²) in [5, 5.41) is 20.7. The zero-order chi connectivity index (χ0) is 18.3. The average Bonchev–Trinajstić information content (AvgIpc) is 2.61. The molecular formula is C21H23ClO4. The summed E-state index contributed by atoms with van der Waals surface area (Å²) in [5.74, 6) is 0. The number of benzene rings is 2. The van der Waals surface area contributed by atoms with Crippen LogP contribution in [0.1, 0.15) is 40.3 Å². The van der Waals surface area contributed by atoms with Gasteiger partial charge in [0.25, 0.3) is 0 Å². The predicted octanol–water partition coefficient (Wildman–Crippen LogP) is 3.19. The number of rotatable bonds is 4. The van der Waals surface area contributed by atoms with E-state index in [0.29, 0.717) is 6.42 Å². The van der Waals surface area contributed by atoms with Crippen LogP contribution in [0.15, 0.2) is 36.4 Å². The number of methoxy groups -OCH3 is 1. The Labute approximate surface area is 158 Å². The zero-order valence-electron chi connectivity index (χ0n) is 14.7. The van der Waals surface area contributed by atoms with Gasteiger partial charge in [0, 0.05) is 18.6 Å². The molecule has 1 aliphatic carbocycles. The highest BCUT2D eigenvalue weighted by Gasteiger charge is 2.37. The molecule has 2 aliphatic rings. The fourth-order valence-corrected chi connectivity index (χ4v) is 3.94. The number of fused-ring (bicyclic) bond motifs is 1. The van der Waals surface area contributed by atoms with Crippen LogP contribution in [0, 0.1) is 0 Å². The molecule has 1 aliphatic heterocycles. The second kappa shape index (κ2) is 7.29. The molecule has 2 N–H and O–H groups in total. The Bertz CT molecular complexity index is 807. The maximum Gasteiger partial charge on any atom is 0.186 e. The van der Waals surface area contributed by atoms with E-state index in [4.69, 9.17) is 21.1 Å². The van der Waals surface area contributed by atoms with Crippen LogP contribution in [0.3, 0.4) is 0 Å². The molecule has 26 heavy (non-hydrogen) atoms. The van der Waals surface area contributed by atoms with E-state index in [1.54, 1.807) is 0 Å². The van der Waals surface area contributed by atoms with Crippen molar-refractivity contribution in [2.24, 2.45) is 0 Å². The molecule has 3 unspecified atom stereocenters. The Kier molecular flexibility index (Phi) is 5.04. The number of aryl methyl sites for hydroxylation is 2. The van der Waals surface area contributed by atoms with E-state index < -0.39 is 18.5 Å². The number of aliphatic hydroxyl groups excluding tert-OH is 2. The van der Waals surface area contributed by atoms with Crippen LogP contribution in [-0.4, -0.2) is 35.8 Å². The molecule has 2 aromatic carbocycles. The van der Waals surface area contributed by atoms with Crippen molar-refractivity contribution in [2.75, 3.05) is 7.11 Å². The lowest BCUT2D eigenvalue weighted by Gasteiger charge is -2.36. The third-order valence-electron chi connectivity index (χ3n) is 5.43. The molecule has 1 fully saturated rings. The van der Waals surface area contributed by atoms with E-state index in [1.165, 1.54) is 30.2 Å². The summed E-state index contributed by atoms with van der Waals surface area (Å²) in [4.78, 5) is 0. The maximum atomic E-state index is 10.1. The summed E-state index contributed by atoms with van der Waals surface area (Å²) in [5.41, 5.74) is 6.09. The van der Waals surface area contributed by atoms with Crippen molar-refractivity contribution < 1.29 is 19.7 Å². The van der Waals surface area contributed by atoms with Crippen LogP contribution >= 0.6 is 11.6 Å². The van der Waals surface area contributed by atoms with Gasteiger partial charge in [-0.1, -0.05) is 41.9 Å². The van der Waals surface area contributed by atoms with Crippen LogP contribution < -0.4 is 0 Å². The third kappa shape index (κ3) is 3.40. The fraction of sp³-hybridized carbons (Fsp3) is 0.429. The minimum absolute atomic E-state index is 0.320. The van der Waals surface area contributed by atoms with E-state index in [9.17, 15) is 10.2 Å². The van der Waals surface area contributed by atoms with Crippen molar-refractivity contribution in [3.05, 3.63) is 69.2 Å². The minimum Gasteiger partial charge on any atom is -0.390 e. The van der Waals surface area contributed by atoms with Gasteiger partial charge in [-0.15, -0.1) is 0 Å². The van der Waals surface area contributed by atoms with Crippen molar-refractivity contribution in [3.63, 3.8) is 0 Å². The summed E-state index contributed by atoms with van der Waals surface area (Å²) in [6, 6.07) is 12.4. The first-order valence-electron chi connectivity index (χ1n) is 8.98. The largest absolute Gasteiger partial charge is 0.390 e. The van der Waals surface area contributed by atoms with Gasteiger partial charge in [-0.2, -0.15) is 0 Å². The number of hydrogen-bond donors (Lipinski definition) is 2. The van der Waals surface area contributed by atoms with E-state index in [0.717, 1.165) is 29.0 Å².